The fraction of sp³-hybridized carbons (Fsp3) is 0.273. The summed E-state index contributed by atoms with van der Waals surface area (Å²) in [7, 11) is 1.52. The summed E-state index contributed by atoms with van der Waals surface area (Å²) in [5, 5.41) is 5.40. The molecule has 0 aromatic heterocycles. The average Bonchev–Trinajstić information content (AvgIpc) is 2.28. The zero-order chi connectivity index (χ0) is 12.8. The van der Waals surface area contributed by atoms with E-state index in [1.165, 1.54) is 13.1 Å². The van der Waals surface area contributed by atoms with E-state index in [0.717, 1.165) is 0 Å². The van der Waals surface area contributed by atoms with Gasteiger partial charge in [0, 0.05) is 25.7 Å². The summed E-state index contributed by atoms with van der Waals surface area (Å²) < 4.78 is 0. The van der Waals surface area contributed by atoms with E-state index < -0.39 is 0 Å². The number of hydrogen-bond donors (Lipinski definition) is 3. The van der Waals surface area contributed by atoms with Crippen LogP contribution in [0.1, 0.15) is 16.8 Å². The Kier molecular flexibility index (Phi) is 7.35. The number of carbonyl (C=O) groups excluding carboxylic acids is 2. The molecule has 0 aliphatic rings. The van der Waals surface area contributed by atoms with Crippen molar-refractivity contribution in [2.45, 2.75) is 6.42 Å². The zero-order valence-electron chi connectivity index (χ0n) is 9.83. The molecule has 4 N–H and O–H groups in total. The van der Waals surface area contributed by atoms with Gasteiger partial charge in [0.2, 0.25) is 5.91 Å². The Morgan fingerprint density at radius 3 is 2.56 bits per heavy atom. The quantitative estimate of drug-likeness (QED) is 0.784. The summed E-state index contributed by atoms with van der Waals surface area (Å²) in [6.45, 7) is 0.288. The van der Waals surface area contributed by atoms with Crippen molar-refractivity contribution in [1.29, 1.82) is 0 Å². The minimum absolute atomic E-state index is 0. The smallest absolute Gasteiger partial charge is 0.252 e. The lowest BCUT2D eigenvalue weighted by atomic mass is 10.2. The van der Waals surface area contributed by atoms with Gasteiger partial charge < -0.3 is 16.4 Å². The second kappa shape index (κ2) is 7.92. The van der Waals surface area contributed by atoms with Gasteiger partial charge in [-0.25, -0.2) is 0 Å². The van der Waals surface area contributed by atoms with E-state index in [1.807, 2.05) is 0 Å². The van der Waals surface area contributed by atoms with Crippen LogP contribution in [0.5, 0.6) is 0 Å². The third-order valence-corrected chi connectivity index (χ3v) is 2.41. The van der Waals surface area contributed by atoms with Crippen LogP contribution in [0.15, 0.2) is 18.2 Å². The Hall–Kier alpha value is -1.30. The summed E-state index contributed by atoms with van der Waals surface area (Å²) in [5.41, 5.74) is 6.16. The predicted octanol–water partition coefficient (Wildman–Crippen LogP) is 1.41. The topological polar surface area (TPSA) is 84.2 Å². The van der Waals surface area contributed by atoms with Crippen molar-refractivity contribution in [2.24, 2.45) is 5.73 Å². The lowest BCUT2D eigenvalue weighted by Gasteiger charge is -2.07. The molecule has 0 saturated heterocycles. The first-order valence-electron chi connectivity index (χ1n) is 5.10. The molecule has 0 saturated carbocycles. The highest BCUT2D eigenvalue weighted by atomic mass is 35.5. The van der Waals surface area contributed by atoms with Gasteiger partial charge in [-0.3, -0.25) is 9.59 Å². The van der Waals surface area contributed by atoms with Gasteiger partial charge >= 0.3 is 0 Å². The molecule has 0 aliphatic heterocycles. The molecule has 7 heteroatoms. The Bertz CT molecular complexity index is 438. The van der Waals surface area contributed by atoms with Crippen molar-refractivity contribution in [3.63, 3.8) is 0 Å². The largest absolute Gasteiger partial charge is 0.355 e. The van der Waals surface area contributed by atoms with Gasteiger partial charge in [-0.05, 0) is 18.2 Å². The van der Waals surface area contributed by atoms with Crippen LogP contribution in [-0.4, -0.2) is 25.4 Å². The van der Waals surface area contributed by atoms with Crippen LogP contribution in [0.4, 0.5) is 5.69 Å². The third kappa shape index (κ3) is 4.52. The number of halogens is 2. The maximum atomic E-state index is 11.4. The molecule has 1 aromatic carbocycles. The highest BCUT2D eigenvalue weighted by Crippen LogP contribution is 2.21. The van der Waals surface area contributed by atoms with Crippen LogP contribution in [0.3, 0.4) is 0 Å². The van der Waals surface area contributed by atoms with Gasteiger partial charge in [-0.2, -0.15) is 0 Å². The first-order valence-corrected chi connectivity index (χ1v) is 5.48. The van der Waals surface area contributed by atoms with E-state index in [9.17, 15) is 9.59 Å². The molecule has 0 aliphatic carbocycles. The Balaban J connectivity index is 0.00000289. The number of nitrogens with one attached hydrogen (secondary N) is 2. The summed E-state index contributed by atoms with van der Waals surface area (Å²) in [6.07, 6.45) is 0.245. The third-order valence-electron chi connectivity index (χ3n) is 2.10. The lowest BCUT2D eigenvalue weighted by Crippen LogP contribution is -2.19. The van der Waals surface area contributed by atoms with Crippen LogP contribution in [0, 0.1) is 0 Å². The molecule has 5 nitrogen and oxygen atoms in total. The summed E-state index contributed by atoms with van der Waals surface area (Å²) in [5.74, 6) is -0.453. The summed E-state index contributed by atoms with van der Waals surface area (Å²) in [6, 6.07) is 4.70. The number of amides is 2. The summed E-state index contributed by atoms with van der Waals surface area (Å²) in [4.78, 5) is 22.7. The van der Waals surface area contributed by atoms with Crippen molar-refractivity contribution < 1.29 is 9.59 Å². The van der Waals surface area contributed by atoms with Gasteiger partial charge in [0.05, 0.1) is 10.6 Å². The molecule has 0 fully saturated rings. The number of benzene rings is 1. The molecule has 1 aromatic rings. The fourth-order valence-electron chi connectivity index (χ4n) is 1.27. The monoisotopic (exact) mass is 291 g/mol. The average molecular weight is 292 g/mol. The second-order valence-corrected chi connectivity index (χ2v) is 3.77. The number of nitrogens with two attached hydrogens (primary N) is 1. The van der Waals surface area contributed by atoms with Crippen LogP contribution >= 0.6 is 24.0 Å². The molecule has 1 rings (SSSR count). The maximum Gasteiger partial charge on any atom is 0.252 e. The minimum atomic E-state index is -0.269. The second-order valence-electron chi connectivity index (χ2n) is 3.36. The standard InChI is InChI=1S/C11H14ClN3O2.ClH/c1-14-11(17)8-3-2-7(6-9(8)12)15-10(16)4-5-13;/h2-3,6H,4-5,13H2,1H3,(H,14,17)(H,15,16);1H. The van der Waals surface area contributed by atoms with Gasteiger partial charge in [0.25, 0.3) is 5.91 Å². The SMILES string of the molecule is CNC(=O)c1ccc(NC(=O)CCN)cc1Cl.Cl. The molecule has 0 bridgehead atoms. The molecule has 0 unspecified atom stereocenters. The number of carbonyl (C=O) groups is 2. The van der Waals surface area contributed by atoms with Gasteiger partial charge in [-0.15, -0.1) is 12.4 Å². The van der Waals surface area contributed by atoms with Gasteiger partial charge in [0.15, 0.2) is 0 Å². The van der Waals surface area contributed by atoms with E-state index >= 15 is 0 Å². The maximum absolute atomic E-state index is 11.4. The van der Waals surface area contributed by atoms with Crippen molar-refractivity contribution >= 4 is 41.5 Å². The highest BCUT2D eigenvalue weighted by Gasteiger charge is 2.09. The molecule has 2 amide bonds. The first kappa shape index (κ1) is 16.7. The van der Waals surface area contributed by atoms with E-state index in [2.05, 4.69) is 10.6 Å². The molecule has 18 heavy (non-hydrogen) atoms. The van der Waals surface area contributed by atoms with E-state index in [1.54, 1.807) is 12.1 Å². The minimum Gasteiger partial charge on any atom is -0.355 e. The lowest BCUT2D eigenvalue weighted by molar-refractivity contribution is -0.116. The first-order chi connectivity index (χ1) is 8.08. The zero-order valence-corrected chi connectivity index (χ0v) is 11.4. The Labute approximate surface area is 116 Å². The van der Waals surface area contributed by atoms with Crippen LogP contribution in [0.25, 0.3) is 0 Å². The molecule has 0 heterocycles. The number of anilines is 1. The van der Waals surface area contributed by atoms with E-state index in [0.29, 0.717) is 11.3 Å². The van der Waals surface area contributed by atoms with Crippen LogP contribution < -0.4 is 16.4 Å². The number of hydrogen-bond acceptors (Lipinski definition) is 3. The molecule has 100 valence electrons. The van der Waals surface area contributed by atoms with Crippen molar-refractivity contribution in [1.82, 2.24) is 5.32 Å². The summed E-state index contributed by atoms with van der Waals surface area (Å²) >= 11 is 5.93. The van der Waals surface area contributed by atoms with E-state index in [4.69, 9.17) is 17.3 Å². The number of rotatable bonds is 4. The molecular formula is C11H15Cl2N3O2. The van der Waals surface area contributed by atoms with Crippen molar-refractivity contribution in [3.05, 3.63) is 28.8 Å². The van der Waals surface area contributed by atoms with Crippen LogP contribution in [0.2, 0.25) is 5.02 Å². The molecule has 0 atom stereocenters. The van der Waals surface area contributed by atoms with E-state index in [-0.39, 0.29) is 42.2 Å². The predicted molar refractivity (Wildman–Crippen MR) is 74.4 cm³/mol. The highest BCUT2D eigenvalue weighted by molar-refractivity contribution is 6.34. The fourth-order valence-corrected chi connectivity index (χ4v) is 1.53. The van der Waals surface area contributed by atoms with Crippen molar-refractivity contribution in [2.75, 3.05) is 18.9 Å². The molecular weight excluding hydrogens is 277 g/mol. The Morgan fingerprint density at radius 1 is 1.39 bits per heavy atom. The normalized spacial score (nSPS) is 9.28. The van der Waals surface area contributed by atoms with Crippen molar-refractivity contribution in [3.8, 4) is 0 Å². The molecule has 0 spiro atoms. The van der Waals surface area contributed by atoms with Gasteiger partial charge in [0.1, 0.15) is 0 Å². The van der Waals surface area contributed by atoms with Crippen LogP contribution in [-0.2, 0) is 4.79 Å². The Morgan fingerprint density at radius 2 is 2.06 bits per heavy atom. The molecule has 0 radical (unpaired) electrons. The van der Waals surface area contributed by atoms with Gasteiger partial charge in [-0.1, -0.05) is 11.6 Å².